The lowest BCUT2D eigenvalue weighted by molar-refractivity contribution is -0.122. The molecule has 1 amide bonds. The molecule has 2 fully saturated rings. The summed E-state index contributed by atoms with van der Waals surface area (Å²) < 4.78 is 0. The van der Waals surface area contributed by atoms with Crippen LogP contribution in [-0.4, -0.2) is 19.0 Å². The van der Waals surface area contributed by atoms with Crippen molar-refractivity contribution >= 4 is 5.91 Å². The Bertz CT molecular complexity index is 302. The fraction of sp³-hybridized carbons (Fsp3) is 0.941. The highest BCUT2D eigenvalue weighted by Gasteiger charge is 2.32. The lowest BCUT2D eigenvalue weighted by atomic mass is 9.80. The van der Waals surface area contributed by atoms with Crippen LogP contribution in [0, 0.1) is 17.3 Å². The first-order valence-corrected chi connectivity index (χ1v) is 8.64. The number of rotatable bonds is 6. The van der Waals surface area contributed by atoms with Crippen LogP contribution in [0.1, 0.15) is 71.1 Å². The summed E-state index contributed by atoms with van der Waals surface area (Å²) in [5, 5.41) is 3.23. The van der Waals surface area contributed by atoms with E-state index >= 15 is 0 Å². The molecule has 0 saturated heterocycles. The van der Waals surface area contributed by atoms with Crippen molar-refractivity contribution in [1.82, 2.24) is 5.32 Å². The predicted octanol–water partition coefficient (Wildman–Crippen LogP) is 3.23. The van der Waals surface area contributed by atoms with Gasteiger partial charge in [-0.3, -0.25) is 4.79 Å². The maximum absolute atomic E-state index is 12.1. The molecule has 20 heavy (non-hydrogen) atoms. The molecule has 2 saturated carbocycles. The SMILES string of the molecule is CCC1(CNC(=O)CC2CCC(CN)CC2)CCCC1. The summed E-state index contributed by atoms with van der Waals surface area (Å²) >= 11 is 0. The Morgan fingerprint density at radius 2 is 1.75 bits per heavy atom. The number of carbonyl (C=O) groups excluding carboxylic acids is 1. The summed E-state index contributed by atoms with van der Waals surface area (Å²) in [6.07, 6.45) is 12.0. The molecule has 2 aliphatic carbocycles. The van der Waals surface area contributed by atoms with Gasteiger partial charge < -0.3 is 11.1 Å². The van der Waals surface area contributed by atoms with Gasteiger partial charge in [0.25, 0.3) is 0 Å². The van der Waals surface area contributed by atoms with Gasteiger partial charge in [-0.25, -0.2) is 0 Å². The minimum atomic E-state index is 0.279. The van der Waals surface area contributed by atoms with E-state index in [1.807, 2.05) is 0 Å². The van der Waals surface area contributed by atoms with Gasteiger partial charge >= 0.3 is 0 Å². The largest absolute Gasteiger partial charge is 0.356 e. The third kappa shape index (κ3) is 4.21. The maximum Gasteiger partial charge on any atom is 0.220 e. The first-order valence-electron chi connectivity index (χ1n) is 8.64. The van der Waals surface area contributed by atoms with Crippen molar-refractivity contribution < 1.29 is 4.79 Å². The fourth-order valence-corrected chi connectivity index (χ4v) is 4.07. The second kappa shape index (κ2) is 7.44. The molecule has 0 radical (unpaired) electrons. The normalized spacial score (nSPS) is 29.3. The Labute approximate surface area is 124 Å². The highest BCUT2D eigenvalue weighted by Crippen LogP contribution is 2.40. The number of nitrogens with one attached hydrogen (secondary N) is 1. The van der Waals surface area contributed by atoms with Gasteiger partial charge in [0.15, 0.2) is 0 Å². The predicted molar refractivity (Wildman–Crippen MR) is 83.3 cm³/mol. The van der Waals surface area contributed by atoms with Crippen molar-refractivity contribution in [2.45, 2.75) is 71.1 Å². The molecule has 0 atom stereocenters. The third-order valence-electron chi connectivity index (χ3n) is 5.85. The maximum atomic E-state index is 12.1. The van der Waals surface area contributed by atoms with Crippen LogP contribution in [0.2, 0.25) is 0 Å². The van der Waals surface area contributed by atoms with E-state index < -0.39 is 0 Å². The highest BCUT2D eigenvalue weighted by molar-refractivity contribution is 5.76. The smallest absolute Gasteiger partial charge is 0.220 e. The molecule has 2 rings (SSSR count). The second-order valence-corrected chi connectivity index (χ2v) is 7.16. The van der Waals surface area contributed by atoms with Crippen molar-refractivity contribution in [3.63, 3.8) is 0 Å². The summed E-state index contributed by atoms with van der Waals surface area (Å²) in [6, 6.07) is 0. The second-order valence-electron chi connectivity index (χ2n) is 7.16. The van der Waals surface area contributed by atoms with E-state index in [1.54, 1.807) is 0 Å². The Morgan fingerprint density at radius 1 is 1.15 bits per heavy atom. The molecule has 3 N–H and O–H groups in total. The third-order valence-corrected chi connectivity index (χ3v) is 5.85. The lowest BCUT2D eigenvalue weighted by Crippen LogP contribution is -2.36. The van der Waals surface area contributed by atoms with Crippen molar-refractivity contribution in [2.75, 3.05) is 13.1 Å². The van der Waals surface area contributed by atoms with Gasteiger partial charge in [0, 0.05) is 13.0 Å². The Balaban J connectivity index is 1.68. The van der Waals surface area contributed by atoms with Gasteiger partial charge in [0.1, 0.15) is 0 Å². The van der Waals surface area contributed by atoms with Crippen molar-refractivity contribution in [3.05, 3.63) is 0 Å². The van der Waals surface area contributed by atoms with Crippen LogP contribution in [0.3, 0.4) is 0 Å². The molecule has 3 heteroatoms. The molecule has 0 spiro atoms. The van der Waals surface area contributed by atoms with Crippen LogP contribution in [0.5, 0.6) is 0 Å². The molecule has 116 valence electrons. The quantitative estimate of drug-likeness (QED) is 0.785. The first-order chi connectivity index (χ1) is 9.67. The van der Waals surface area contributed by atoms with Gasteiger partial charge in [-0.15, -0.1) is 0 Å². The molecule has 0 aliphatic heterocycles. The number of carbonyl (C=O) groups is 1. The van der Waals surface area contributed by atoms with Gasteiger partial charge in [-0.1, -0.05) is 19.8 Å². The van der Waals surface area contributed by atoms with E-state index in [4.69, 9.17) is 5.73 Å². The number of hydrogen-bond acceptors (Lipinski definition) is 2. The standard InChI is InChI=1S/C17H32N2O/c1-2-17(9-3-4-10-17)13-19-16(20)11-14-5-7-15(12-18)8-6-14/h14-15H,2-13,18H2,1H3,(H,19,20). The molecular formula is C17H32N2O. The summed E-state index contributed by atoms with van der Waals surface area (Å²) in [5.74, 6) is 1.58. The minimum Gasteiger partial charge on any atom is -0.356 e. The van der Waals surface area contributed by atoms with E-state index in [0.717, 1.165) is 19.5 Å². The van der Waals surface area contributed by atoms with Crippen LogP contribution >= 0.6 is 0 Å². The topological polar surface area (TPSA) is 55.1 Å². The van der Waals surface area contributed by atoms with Crippen molar-refractivity contribution in [3.8, 4) is 0 Å². The minimum absolute atomic E-state index is 0.279. The monoisotopic (exact) mass is 280 g/mol. The molecule has 3 nitrogen and oxygen atoms in total. The van der Waals surface area contributed by atoms with Gasteiger partial charge in [0.2, 0.25) is 5.91 Å². The molecule has 2 aliphatic rings. The van der Waals surface area contributed by atoms with E-state index in [-0.39, 0.29) is 5.91 Å². The fourth-order valence-electron chi connectivity index (χ4n) is 4.07. The summed E-state index contributed by atoms with van der Waals surface area (Å²) in [6.45, 7) is 3.99. The number of amides is 1. The van der Waals surface area contributed by atoms with E-state index in [2.05, 4.69) is 12.2 Å². The highest BCUT2D eigenvalue weighted by atomic mass is 16.1. The molecule has 0 heterocycles. The van der Waals surface area contributed by atoms with Gasteiger partial charge in [-0.2, -0.15) is 0 Å². The van der Waals surface area contributed by atoms with Gasteiger partial charge in [-0.05, 0) is 68.7 Å². The first kappa shape index (κ1) is 15.8. The average molecular weight is 280 g/mol. The molecule has 0 unspecified atom stereocenters. The zero-order chi connectivity index (χ0) is 14.4. The Morgan fingerprint density at radius 3 is 2.30 bits per heavy atom. The number of hydrogen-bond donors (Lipinski definition) is 2. The van der Waals surface area contributed by atoms with Crippen molar-refractivity contribution in [1.29, 1.82) is 0 Å². The van der Waals surface area contributed by atoms with Crippen LogP contribution in [0.15, 0.2) is 0 Å². The Hall–Kier alpha value is -0.570. The average Bonchev–Trinajstić information content (AvgIpc) is 2.95. The number of nitrogens with two attached hydrogens (primary N) is 1. The molecule has 0 bridgehead atoms. The van der Waals surface area contributed by atoms with E-state index in [9.17, 15) is 4.79 Å². The van der Waals surface area contributed by atoms with E-state index in [1.165, 1.54) is 57.8 Å². The van der Waals surface area contributed by atoms with E-state index in [0.29, 0.717) is 17.3 Å². The van der Waals surface area contributed by atoms with Gasteiger partial charge in [0.05, 0.1) is 0 Å². The van der Waals surface area contributed by atoms with Crippen LogP contribution in [0.25, 0.3) is 0 Å². The summed E-state index contributed by atoms with van der Waals surface area (Å²) in [4.78, 5) is 12.1. The molecule has 0 aromatic rings. The molecule has 0 aromatic carbocycles. The van der Waals surface area contributed by atoms with Crippen molar-refractivity contribution in [2.24, 2.45) is 23.0 Å². The zero-order valence-corrected chi connectivity index (χ0v) is 13.1. The van der Waals surface area contributed by atoms with Crippen LogP contribution < -0.4 is 11.1 Å². The van der Waals surface area contributed by atoms with Crippen LogP contribution in [-0.2, 0) is 4.79 Å². The Kier molecular flexibility index (Phi) is 5.88. The zero-order valence-electron chi connectivity index (χ0n) is 13.1. The summed E-state index contributed by atoms with van der Waals surface area (Å²) in [5.41, 5.74) is 6.13. The molecule has 0 aromatic heterocycles. The summed E-state index contributed by atoms with van der Waals surface area (Å²) in [7, 11) is 0. The molecular weight excluding hydrogens is 248 g/mol. The van der Waals surface area contributed by atoms with Crippen LogP contribution in [0.4, 0.5) is 0 Å². The lowest BCUT2D eigenvalue weighted by Gasteiger charge is -2.29.